The molecule has 0 aliphatic heterocycles. The molecule has 3 nitrogen and oxygen atoms in total. The monoisotopic (exact) mass is 290 g/mol. The molecule has 0 bridgehead atoms. The lowest BCUT2D eigenvalue weighted by molar-refractivity contribution is 0.0977. The first-order chi connectivity index (χ1) is 9.59. The maximum absolute atomic E-state index is 11.5. The summed E-state index contributed by atoms with van der Waals surface area (Å²) in [7, 11) is 0. The Balaban J connectivity index is 2.10. The molecule has 2 aromatic carbocycles. The van der Waals surface area contributed by atoms with Crippen LogP contribution in [-0.4, -0.2) is 17.5 Å². The Kier molecular flexibility index (Phi) is 4.77. The third kappa shape index (κ3) is 3.38. The molecule has 4 heteroatoms. The molecule has 1 atom stereocenters. The number of rotatable bonds is 5. The smallest absolute Gasteiger partial charge is 0.163 e. The second-order valence-corrected chi connectivity index (χ2v) is 4.81. The fourth-order valence-electron chi connectivity index (χ4n) is 1.89. The highest BCUT2D eigenvalue weighted by atomic mass is 35.5. The fourth-order valence-corrected chi connectivity index (χ4v) is 2.15. The summed E-state index contributed by atoms with van der Waals surface area (Å²) >= 11 is 6.01. The number of carbonyl (C=O) groups is 1. The lowest BCUT2D eigenvalue weighted by Crippen LogP contribution is -2.11. The lowest BCUT2D eigenvalue weighted by Gasteiger charge is -2.15. The Labute approximate surface area is 122 Å². The Morgan fingerprint density at radius 3 is 2.55 bits per heavy atom. The number of aliphatic hydroxyl groups is 1. The van der Waals surface area contributed by atoms with Crippen molar-refractivity contribution in [2.75, 3.05) is 6.61 Å². The van der Waals surface area contributed by atoms with Crippen LogP contribution >= 0.6 is 11.6 Å². The summed E-state index contributed by atoms with van der Waals surface area (Å²) < 4.78 is 5.54. The molecular weight excluding hydrogens is 276 g/mol. The van der Waals surface area contributed by atoms with E-state index < -0.39 is 6.10 Å². The molecule has 0 saturated carbocycles. The van der Waals surface area contributed by atoms with Crippen LogP contribution in [0.3, 0.4) is 0 Å². The minimum absolute atomic E-state index is 0.0357. The molecule has 0 amide bonds. The highest BCUT2D eigenvalue weighted by Crippen LogP contribution is 2.25. The summed E-state index contributed by atoms with van der Waals surface area (Å²) in [6.45, 7) is 1.51. The molecule has 104 valence electrons. The van der Waals surface area contributed by atoms with Crippen molar-refractivity contribution in [2.45, 2.75) is 13.0 Å². The van der Waals surface area contributed by atoms with Gasteiger partial charge in [-0.1, -0.05) is 41.9 Å². The van der Waals surface area contributed by atoms with Crippen LogP contribution < -0.4 is 4.74 Å². The molecule has 0 heterocycles. The normalized spacial score (nSPS) is 11.9. The van der Waals surface area contributed by atoms with E-state index in [4.69, 9.17) is 16.3 Å². The number of halogens is 1. The fraction of sp³-hybridized carbons (Fsp3) is 0.188. The number of para-hydroxylation sites is 1. The molecule has 2 rings (SSSR count). The predicted octanol–water partition coefficient (Wildman–Crippen LogP) is 3.66. The largest absolute Gasteiger partial charge is 0.490 e. The van der Waals surface area contributed by atoms with Crippen molar-refractivity contribution in [3.63, 3.8) is 0 Å². The van der Waals surface area contributed by atoms with E-state index in [0.29, 0.717) is 21.9 Å². The molecule has 2 aromatic rings. The van der Waals surface area contributed by atoms with E-state index in [-0.39, 0.29) is 12.4 Å². The quantitative estimate of drug-likeness (QED) is 0.855. The molecule has 1 N–H and O–H groups in total. The summed E-state index contributed by atoms with van der Waals surface area (Å²) in [5.41, 5.74) is 1.10. The Morgan fingerprint density at radius 1 is 1.20 bits per heavy atom. The van der Waals surface area contributed by atoms with Crippen LogP contribution in [0.15, 0.2) is 48.5 Å². The first kappa shape index (κ1) is 14.6. The molecule has 0 fully saturated rings. The van der Waals surface area contributed by atoms with Gasteiger partial charge in [0, 0.05) is 10.6 Å². The highest BCUT2D eigenvalue weighted by molar-refractivity contribution is 6.31. The van der Waals surface area contributed by atoms with Gasteiger partial charge in [0.1, 0.15) is 18.5 Å². The second kappa shape index (κ2) is 6.55. The van der Waals surface area contributed by atoms with Gasteiger partial charge >= 0.3 is 0 Å². The third-order valence-electron chi connectivity index (χ3n) is 2.93. The number of Topliss-reactive ketones (excluding diaryl/α,β-unsaturated/α-hetero) is 1. The van der Waals surface area contributed by atoms with Gasteiger partial charge in [-0.2, -0.15) is 0 Å². The number of carbonyl (C=O) groups excluding carboxylic acids is 1. The van der Waals surface area contributed by atoms with Gasteiger partial charge in [-0.15, -0.1) is 0 Å². The van der Waals surface area contributed by atoms with E-state index in [1.807, 2.05) is 0 Å². The molecule has 20 heavy (non-hydrogen) atoms. The van der Waals surface area contributed by atoms with Crippen LogP contribution in [0.5, 0.6) is 5.75 Å². The van der Waals surface area contributed by atoms with Crippen molar-refractivity contribution in [1.29, 1.82) is 0 Å². The maximum Gasteiger partial charge on any atom is 0.163 e. The molecule has 0 aliphatic rings. The van der Waals surface area contributed by atoms with Crippen LogP contribution in [0.4, 0.5) is 0 Å². The lowest BCUT2D eigenvalue weighted by atomic mass is 10.1. The Bertz CT molecular complexity index is 610. The molecule has 0 aliphatic carbocycles. The van der Waals surface area contributed by atoms with E-state index in [1.165, 1.54) is 6.92 Å². The predicted molar refractivity (Wildman–Crippen MR) is 78.4 cm³/mol. The molecule has 0 aromatic heterocycles. The van der Waals surface area contributed by atoms with Gasteiger partial charge in [0.05, 0.1) is 5.56 Å². The van der Waals surface area contributed by atoms with Crippen molar-refractivity contribution < 1.29 is 14.6 Å². The number of hydrogen-bond acceptors (Lipinski definition) is 3. The summed E-state index contributed by atoms with van der Waals surface area (Å²) in [5.74, 6) is 0.388. The van der Waals surface area contributed by atoms with Crippen LogP contribution in [0.1, 0.15) is 28.9 Å². The van der Waals surface area contributed by atoms with Crippen LogP contribution in [-0.2, 0) is 0 Å². The minimum atomic E-state index is -0.844. The molecular formula is C16H15ClO3. The van der Waals surface area contributed by atoms with Gasteiger partial charge < -0.3 is 9.84 Å². The first-order valence-electron chi connectivity index (χ1n) is 6.25. The Morgan fingerprint density at radius 2 is 1.85 bits per heavy atom. The van der Waals surface area contributed by atoms with Gasteiger partial charge in [0.2, 0.25) is 0 Å². The molecule has 0 saturated heterocycles. The van der Waals surface area contributed by atoms with Crippen LogP contribution in [0, 0.1) is 0 Å². The van der Waals surface area contributed by atoms with Gasteiger partial charge in [-0.25, -0.2) is 0 Å². The third-order valence-corrected chi connectivity index (χ3v) is 3.27. The average Bonchev–Trinajstić information content (AvgIpc) is 2.45. The van der Waals surface area contributed by atoms with E-state index in [1.54, 1.807) is 48.5 Å². The van der Waals surface area contributed by atoms with Crippen molar-refractivity contribution in [1.82, 2.24) is 0 Å². The number of aliphatic hydroxyl groups excluding tert-OH is 1. The summed E-state index contributed by atoms with van der Waals surface area (Å²) in [4.78, 5) is 11.5. The number of ether oxygens (including phenoxy) is 1. The number of ketones is 1. The second-order valence-electron chi connectivity index (χ2n) is 4.40. The van der Waals surface area contributed by atoms with Crippen molar-refractivity contribution in [3.8, 4) is 5.75 Å². The number of benzene rings is 2. The van der Waals surface area contributed by atoms with Crippen LogP contribution in [0.25, 0.3) is 0 Å². The van der Waals surface area contributed by atoms with Gasteiger partial charge in [0.25, 0.3) is 0 Å². The standard InChI is InChI=1S/C16H15ClO3/c1-11(18)12-6-3-5-9-16(12)20-10-15(19)13-7-2-4-8-14(13)17/h2-9,15,19H,10H2,1H3. The first-order valence-corrected chi connectivity index (χ1v) is 6.62. The van der Waals surface area contributed by atoms with E-state index in [0.717, 1.165) is 0 Å². The summed E-state index contributed by atoms with van der Waals surface area (Å²) in [6, 6.07) is 14.0. The van der Waals surface area contributed by atoms with Crippen molar-refractivity contribution in [2.24, 2.45) is 0 Å². The summed E-state index contributed by atoms with van der Waals surface area (Å²) in [6.07, 6.45) is -0.844. The number of hydrogen-bond donors (Lipinski definition) is 1. The van der Waals surface area contributed by atoms with Crippen molar-refractivity contribution in [3.05, 3.63) is 64.7 Å². The SMILES string of the molecule is CC(=O)c1ccccc1OCC(O)c1ccccc1Cl. The van der Waals surface area contributed by atoms with Gasteiger partial charge in [-0.05, 0) is 25.1 Å². The Hall–Kier alpha value is -1.84. The molecule has 0 radical (unpaired) electrons. The van der Waals surface area contributed by atoms with E-state index >= 15 is 0 Å². The van der Waals surface area contributed by atoms with Crippen molar-refractivity contribution >= 4 is 17.4 Å². The zero-order valence-electron chi connectivity index (χ0n) is 11.0. The van der Waals surface area contributed by atoms with E-state index in [2.05, 4.69) is 0 Å². The highest BCUT2D eigenvalue weighted by Gasteiger charge is 2.14. The maximum atomic E-state index is 11.5. The van der Waals surface area contributed by atoms with E-state index in [9.17, 15) is 9.90 Å². The summed E-state index contributed by atoms with van der Waals surface area (Å²) in [5, 5.41) is 10.6. The average molecular weight is 291 g/mol. The van der Waals surface area contributed by atoms with Gasteiger partial charge in [-0.3, -0.25) is 4.79 Å². The minimum Gasteiger partial charge on any atom is -0.490 e. The topological polar surface area (TPSA) is 46.5 Å². The molecule has 0 spiro atoms. The van der Waals surface area contributed by atoms with Crippen LogP contribution in [0.2, 0.25) is 5.02 Å². The van der Waals surface area contributed by atoms with Gasteiger partial charge in [0.15, 0.2) is 5.78 Å². The zero-order chi connectivity index (χ0) is 14.5. The molecule has 1 unspecified atom stereocenters. The zero-order valence-corrected chi connectivity index (χ0v) is 11.8.